The fourth-order valence-electron chi connectivity index (χ4n) is 2.71. The van der Waals surface area contributed by atoms with Crippen LogP contribution in [0, 0.1) is 5.92 Å². The maximum atomic E-state index is 12.5. The van der Waals surface area contributed by atoms with Gasteiger partial charge in [-0.15, -0.1) is 0 Å². The number of carbonyl (C=O) groups excluding carboxylic acids is 2. The Morgan fingerprint density at radius 3 is 2.68 bits per heavy atom. The van der Waals surface area contributed by atoms with Crippen molar-refractivity contribution in [3.8, 4) is 0 Å². The van der Waals surface area contributed by atoms with E-state index < -0.39 is 30.5 Å². The standard InChI is InChI=1S/C21H25N5O6.CH4O/c1-12(2)18(28)24-21-23-17-16(19(29)25-21)22-11-26(17)15(32-13(3)9-27)10-31-20(30)14-7-5-4-6-8-14;1-2/h4-8,11-13,15,27H,9-10H2,1-3H3,(H2,23,24,25,28,29);2H,1H3/t13-,15-;/m1./s1/i3D;2T. The van der Waals surface area contributed by atoms with E-state index in [4.69, 9.17) is 12.3 Å². The molecule has 0 aliphatic heterocycles. The molecule has 12 heteroatoms. The first-order valence-corrected chi connectivity index (χ1v) is 10.3. The highest BCUT2D eigenvalue weighted by atomic mass is 16.6. The molecule has 0 spiro atoms. The van der Waals surface area contributed by atoms with Crippen molar-refractivity contribution in [1.82, 2.24) is 19.5 Å². The summed E-state index contributed by atoms with van der Waals surface area (Å²) in [5.74, 6) is -1.36. The van der Waals surface area contributed by atoms with E-state index in [0.717, 1.165) is 0 Å². The van der Waals surface area contributed by atoms with E-state index in [1.807, 2.05) is 0 Å². The molecule has 0 bridgehead atoms. The zero-order chi connectivity index (χ0) is 26.7. The lowest BCUT2D eigenvalue weighted by Crippen LogP contribution is -2.27. The van der Waals surface area contributed by atoms with Gasteiger partial charge in [-0.3, -0.25) is 24.5 Å². The highest BCUT2D eigenvalue weighted by Gasteiger charge is 2.23. The molecule has 34 heavy (non-hydrogen) atoms. The van der Waals surface area contributed by atoms with Gasteiger partial charge in [-0.05, 0) is 19.0 Å². The molecule has 2 atom stereocenters. The molecule has 1 amide bonds. The van der Waals surface area contributed by atoms with Gasteiger partial charge < -0.3 is 19.7 Å². The number of rotatable bonds is 9. The fourth-order valence-corrected chi connectivity index (χ4v) is 2.71. The number of H-pyrrole nitrogens is 1. The van der Waals surface area contributed by atoms with E-state index in [1.165, 1.54) is 18.0 Å². The van der Waals surface area contributed by atoms with Crippen LogP contribution >= 0.6 is 0 Å². The third-order valence-corrected chi connectivity index (χ3v) is 4.43. The highest BCUT2D eigenvalue weighted by Crippen LogP contribution is 2.19. The number of fused-ring (bicyclic) bond motifs is 1. The minimum Gasteiger partial charge on any atom is -0.457 e. The predicted octanol–water partition coefficient (Wildman–Crippen LogP) is 1.08. The number of aliphatic hydroxyl groups is 2. The van der Waals surface area contributed by atoms with Gasteiger partial charge in [0.15, 0.2) is 17.4 Å². The van der Waals surface area contributed by atoms with Crippen molar-refractivity contribution in [1.29, 1.82) is 1.43 Å². The average Bonchev–Trinajstić information content (AvgIpc) is 3.29. The Morgan fingerprint density at radius 2 is 2.06 bits per heavy atom. The predicted molar refractivity (Wildman–Crippen MR) is 123 cm³/mol. The van der Waals surface area contributed by atoms with E-state index in [9.17, 15) is 19.5 Å². The number of carbonyl (C=O) groups is 2. The number of ether oxygens (including phenoxy) is 2. The number of aliphatic hydroxyl groups excluding tert-OH is 2. The molecular formula is C22H29N5O7. The summed E-state index contributed by atoms with van der Waals surface area (Å²) < 4.78 is 25.7. The Hall–Kier alpha value is -3.61. The molecule has 0 saturated heterocycles. The number of anilines is 1. The van der Waals surface area contributed by atoms with Gasteiger partial charge in [-0.2, -0.15) is 4.98 Å². The minimum absolute atomic E-state index is 0.0213. The van der Waals surface area contributed by atoms with E-state index >= 15 is 0 Å². The van der Waals surface area contributed by atoms with Gasteiger partial charge in [0.2, 0.25) is 13.3 Å². The van der Waals surface area contributed by atoms with Crippen molar-refractivity contribution < 1.29 is 30.6 Å². The Morgan fingerprint density at radius 1 is 1.35 bits per heavy atom. The average molecular weight is 479 g/mol. The molecule has 3 aromatic rings. The van der Waals surface area contributed by atoms with Crippen LogP contribution in [0.2, 0.25) is 0 Å². The van der Waals surface area contributed by atoms with Gasteiger partial charge in [-0.1, -0.05) is 32.0 Å². The molecule has 4 N–H and O–H groups in total. The maximum Gasteiger partial charge on any atom is 0.338 e. The molecule has 3 rings (SSSR count). The third kappa shape index (κ3) is 6.70. The summed E-state index contributed by atoms with van der Waals surface area (Å²) >= 11 is 0. The van der Waals surface area contributed by atoms with E-state index in [-0.39, 0.29) is 42.4 Å². The van der Waals surface area contributed by atoms with Crippen LogP contribution in [0.3, 0.4) is 0 Å². The highest BCUT2D eigenvalue weighted by molar-refractivity contribution is 5.91. The van der Waals surface area contributed by atoms with Crippen LogP contribution in [0.4, 0.5) is 5.95 Å². The Balaban J connectivity index is 0.00000145. The molecule has 0 aliphatic rings. The van der Waals surface area contributed by atoms with E-state index in [0.29, 0.717) is 5.56 Å². The summed E-state index contributed by atoms with van der Waals surface area (Å²) in [6.07, 6.45) is -0.654. The SMILES string of the molecule is [2H]C[C@H](CO)O[C@H](COC(=O)c1ccccc1)n1cnc2c(=O)[nH]c(NC(=O)C(C)C)nc21.[3H]OC. The molecule has 12 nitrogen and oxygen atoms in total. The van der Waals surface area contributed by atoms with Crippen molar-refractivity contribution in [2.75, 3.05) is 25.6 Å². The number of aromatic nitrogens is 4. The number of amides is 1. The lowest BCUT2D eigenvalue weighted by atomic mass is 10.2. The van der Waals surface area contributed by atoms with E-state index in [2.05, 4.69) is 25.4 Å². The topological polar surface area (TPSA) is 169 Å². The summed E-state index contributed by atoms with van der Waals surface area (Å²) in [5, 5.41) is 15.5. The van der Waals surface area contributed by atoms with Gasteiger partial charge in [0.05, 0.1) is 24.6 Å². The Kier molecular flexibility index (Phi) is 8.71. The molecule has 184 valence electrons. The van der Waals surface area contributed by atoms with Crippen LogP contribution in [0.25, 0.3) is 11.2 Å². The smallest absolute Gasteiger partial charge is 0.338 e. The number of nitrogens with one attached hydrogen (secondary N) is 2. The molecule has 0 saturated carbocycles. The van der Waals surface area contributed by atoms with Crippen LogP contribution in [0.5, 0.6) is 0 Å². The zero-order valence-electron chi connectivity index (χ0n) is 21.1. The normalized spacial score (nSPS) is 13.3. The summed E-state index contributed by atoms with van der Waals surface area (Å²) in [6.45, 7) is 2.38. The molecule has 2 aromatic heterocycles. The summed E-state index contributed by atoms with van der Waals surface area (Å²) in [7, 11) is 1.29. The monoisotopic (exact) mass is 478 g/mol. The first kappa shape index (κ1) is 23.5. The molecule has 0 radical (unpaired) electrons. The lowest BCUT2D eigenvalue weighted by Gasteiger charge is -2.22. The molecule has 0 aliphatic carbocycles. The number of hydrogen-bond donors (Lipinski definition) is 4. The Labute approximate surface area is 198 Å². The van der Waals surface area contributed by atoms with E-state index in [1.54, 1.807) is 44.2 Å². The molecule has 0 fully saturated rings. The molecule has 1 aromatic carbocycles. The van der Waals surface area contributed by atoms with Crippen LogP contribution in [0.15, 0.2) is 41.5 Å². The quantitative estimate of drug-likeness (QED) is 0.329. The van der Waals surface area contributed by atoms with Crippen LogP contribution < -0.4 is 10.9 Å². The number of hydrogen-bond acceptors (Lipinski definition) is 9. The second-order valence-corrected chi connectivity index (χ2v) is 7.24. The fraction of sp³-hybridized carbons (Fsp3) is 0.409. The third-order valence-electron chi connectivity index (χ3n) is 4.43. The first-order valence-electron chi connectivity index (χ1n) is 11.4. The van der Waals surface area contributed by atoms with Gasteiger partial charge in [0.1, 0.15) is 6.61 Å². The largest absolute Gasteiger partial charge is 0.457 e. The second kappa shape index (κ2) is 12.6. The van der Waals surface area contributed by atoms with Crippen molar-refractivity contribution >= 4 is 29.0 Å². The first-order chi connectivity index (χ1) is 17.2. The number of benzene rings is 1. The number of nitrogens with zero attached hydrogens (tertiary/aromatic N) is 3. The van der Waals surface area contributed by atoms with Crippen molar-refractivity contribution in [2.45, 2.75) is 33.1 Å². The van der Waals surface area contributed by atoms with Crippen molar-refractivity contribution in [2.24, 2.45) is 5.92 Å². The van der Waals surface area contributed by atoms with Gasteiger partial charge in [-0.25, -0.2) is 9.78 Å². The molecule has 0 unspecified atom stereocenters. The molecular weight excluding hydrogens is 446 g/mol. The van der Waals surface area contributed by atoms with Crippen LogP contribution in [0.1, 0.15) is 38.7 Å². The Bertz CT molecular complexity index is 1180. The summed E-state index contributed by atoms with van der Waals surface area (Å²) in [4.78, 5) is 47.6. The zero-order valence-corrected chi connectivity index (χ0v) is 19.1. The number of aromatic amines is 1. The second-order valence-electron chi connectivity index (χ2n) is 7.24. The summed E-state index contributed by atoms with van der Waals surface area (Å²) in [6, 6.07) is 8.34. The van der Waals surface area contributed by atoms with Gasteiger partial charge >= 0.3 is 5.97 Å². The summed E-state index contributed by atoms with van der Waals surface area (Å²) in [5.41, 5.74) is -0.205. The van der Waals surface area contributed by atoms with Crippen molar-refractivity contribution in [3.05, 3.63) is 52.6 Å². The van der Waals surface area contributed by atoms with Gasteiger partial charge in [0, 0.05) is 14.4 Å². The molecule has 2 heterocycles. The van der Waals surface area contributed by atoms with Crippen LogP contribution in [-0.4, -0.2) is 69.5 Å². The maximum absolute atomic E-state index is 12.5. The number of esters is 1. The van der Waals surface area contributed by atoms with Crippen molar-refractivity contribution in [3.63, 3.8) is 0 Å². The minimum atomic E-state index is -1.05. The number of imidazole rings is 1. The lowest BCUT2D eigenvalue weighted by molar-refractivity contribution is -0.118. The van der Waals surface area contributed by atoms with Crippen LogP contribution in [-0.2, 0) is 14.3 Å². The van der Waals surface area contributed by atoms with Gasteiger partial charge in [0.25, 0.3) is 5.56 Å².